The molecule has 2 aliphatic heterocycles. The van der Waals surface area contributed by atoms with Crippen molar-refractivity contribution in [3.8, 4) is 22.8 Å². The first-order chi connectivity index (χ1) is 44.0. The molecule has 478 valence electrons. The fraction of sp³-hybridized carbons (Fsp3) is 0.304. The van der Waals surface area contributed by atoms with Crippen LogP contribution in [0.3, 0.4) is 0 Å². The fourth-order valence-electron chi connectivity index (χ4n) is 12.3. The number of aliphatic imine (C=N–C) groups is 1. The van der Waals surface area contributed by atoms with E-state index in [0.29, 0.717) is 42.0 Å². The monoisotopic (exact) mass is 1270 g/mol. The van der Waals surface area contributed by atoms with Crippen LogP contribution in [-0.2, 0) is 12.1 Å². The van der Waals surface area contributed by atoms with E-state index in [1.165, 1.54) is 39.2 Å². The molecule has 3 aromatic heterocycles. The van der Waals surface area contributed by atoms with Crippen LogP contribution in [0.25, 0.3) is 22.2 Å². The predicted molar refractivity (Wildman–Crippen MR) is 382 cm³/mol. The summed E-state index contributed by atoms with van der Waals surface area (Å²) >= 11 is 6.34. The van der Waals surface area contributed by atoms with Gasteiger partial charge in [0.1, 0.15) is 58.2 Å². The molecule has 0 spiro atoms. The van der Waals surface area contributed by atoms with E-state index in [1.807, 2.05) is 102 Å². The second-order valence-corrected chi connectivity index (χ2v) is 24.8. The minimum absolute atomic E-state index is 0. The van der Waals surface area contributed by atoms with Gasteiger partial charge in [-0.05, 0) is 128 Å². The van der Waals surface area contributed by atoms with Crippen LogP contribution in [0.1, 0.15) is 149 Å². The first-order valence-corrected chi connectivity index (χ1v) is 32.5. The number of nitrogens with one attached hydrogen (secondary N) is 1. The normalized spacial score (nSPS) is 12.5. The first-order valence-electron chi connectivity index (χ1n) is 32.1. The van der Waals surface area contributed by atoms with E-state index in [1.54, 1.807) is 6.20 Å². The maximum absolute atomic E-state index is 6.34. The van der Waals surface area contributed by atoms with Crippen molar-refractivity contribution in [1.29, 1.82) is 0 Å². The van der Waals surface area contributed by atoms with Crippen molar-refractivity contribution >= 4 is 51.7 Å². The Morgan fingerprint density at radius 2 is 1.09 bits per heavy atom. The molecule has 13 heteroatoms. The number of nitrogens with zero attached hydrogens (tertiary/aromatic N) is 8. The van der Waals surface area contributed by atoms with Gasteiger partial charge in [0, 0.05) is 70.8 Å². The van der Waals surface area contributed by atoms with Crippen LogP contribution < -0.4 is 37.0 Å². The quantitative estimate of drug-likeness (QED) is 0.0547. The minimum Gasteiger partial charge on any atom is -1.00 e. The molecule has 0 saturated carbocycles. The van der Waals surface area contributed by atoms with Gasteiger partial charge in [-0.2, -0.15) is 5.10 Å². The van der Waals surface area contributed by atoms with Crippen LogP contribution in [0.15, 0.2) is 205 Å². The number of aromatic nitrogens is 4. The highest BCUT2D eigenvalue weighted by Crippen LogP contribution is 2.45. The summed E-state index contributed by atoms with van der Waals surface area (Å²) < 4.78 is 16.2. The van der Waals surface area contributed by atoms with Crippen LogP contribution in [0, 0.1) is 0 Å². The summed E-state index contributed by atoms with van der Waals surface area (Å²) in [5.41, 5.74) is 18.5. The van der Waals surface area contributed by atoms with Gasteiger partial charge in [0.2, 0.25) is 6.34 Å². The SMILES string of the molecule is CC(C)c1cccc(C(C)C)c1N1C=[N+](c2c(C(C)C)cccc2C(C)C)CC1.CCOc1ccc2c(c1)C(c1ccnc(N(C)C)c1)=NC2.CCOc1ccc2c(c1)c(-c1ccnc(Cl)c1)nn2C(c1ccccc1)(c1ccccc1)c1ccccc1.CNC.[Cl-]. The molecular weight excluding hydrogens is 1180 g/mol. The highest BCUT2D eigenvalue weighted by atomic mass is 35.5. The molecular formula is C79H91Cl2N9O2. The largest absolute Gasteiger partial charge is 1.00 e. The van der Waals surface area contributed by atoms with Gasteiger partial charge in [-0.15, -0.1) is 0 Å². The molecule has 0 fully saturated rings. The number of hydrogen-bond donors (Lipinski definition) is 1. The minimum atomic E-state index is -0.746. The van der Waals surface area contributed by atoms with Gasteiger partial charge >= 0.3 is 0 Å². The highest BCUT2D eigenvalue weighted by Gasteiger charge is 2.41. The molecule has 10 aromatic rings. The number of para-hydroxylation sites is 2. The smallest absolute Gasteiger partial charge is 0.244 e. The number of halogens is 2. The van der Waals surface area contributed by atoms with Crippen molar-refractivity contribution in [2.75, 3.05) is 64.3 Å². The Kier molecular flexibility index (Phi) is 24.2. The summed E-state index contributed by atoms with van der Waals surface area (Å²) in [6.45, 7) is 26.5. The maximum Gasteiger partial charge on any atom is 0.244 e. The van der Waals surface area contributed by atoms with Crippen molar-refractivity contribution in [3.63, 3.8) is 0 Å². The Morgan fingerprint density at radius 3 is 1.60 bits per heavy atom. The standard InChI is InChI=1S/C33H26ClN3O.C27H39N2.C17H19N3O.C2H7N.ClH/c1-2-38-28-18-19-30-29(23-28)32(24-20-21-35-31(34)22-24)36-37(30)33(25-12-6-3-7-13-25,26-14-8-4-9-15-26)27-16-10-5-11-17-27;1-18(2)22-11-9-12-23(19(3)4)26(22)28-15-16-29(17-28)27-24(20(5)6)13-10-14-25(27)21(7)8;1-4-21-14-6-5-13-11-19-17(15(13)10-14)12-7-8-18-16(9-12)20(2)3;1-3-2;/h3-23H,2H2,1H3;9-14,17-21H,15-16H2,1-8H3;5-10H,4,11H2,1-3H3;3H,1-2H3;1H/q;+1;;;/p-1. The summed E-state index contributed by atoms with van der Waals surface area (Å²) in [7, 11) is 7.73. The van der Waals surface area contributed by atoms with E-state index < -0.39 is 5.54 Å². The van der Waals surface area contributed by atoms with Crippen molar-refractivity contribution in [2.45, 2.75) is 105 Å². The number of rotatable bonds is 17. The average Bonchev–Trinajstić information content (AvgIpc) is 1.44. The second-order valence-electron chi connectivity index (χ2n) is 24.5. The molecule has 0 bridgehead atoms. The lowest BCUT2D eigenvalue weighted by Gasteiger charge is -2.37. The summed E-state index contributed by atoms with van der Waals surface area (Å²) in [5.74, 6) is 4.68. The molecule has 0 aliphatic carbocycles. The third-order valence-corrected chi connectivity index (χ3v) is 16.7. The van der Waals surface area contributed by atoms with Crippen molar-refractivity contribution in [2.24, 2.45) is 4.99 Å². The molecule has 0 unspecified atom stereocenters. The summed E-state index contributed by atoms with van der Waals surface area (Å²) in [6.07, 6.45) is 5.92. The van der Waals surface area contributed by atoms with E-state index in [4.69, 9.17) is 31.2 Å². The van der Waals surface area contributed by atoms with Gasteiger partial charge in [0.25, 0.3) is 0 Å². The summed E-state index contributed by atoms with van der Waals surface area (Å²) in [4.78, 5) is 17.7. The molecule has 12 rings (SSSR count). The Morgan fingerprint density at radius 1 is 0.587 bits per heavy atom. The first kappa shape index (κ1) is 69.3. The lowest BCUT2D eigenvalue weighted by molar-refractivity contribution is -0.425. The Hall–Kier alpha value is -8.61. The predicted octanol–water partition coefficient (Wildman–Crippen LogP) is 15.1. The zero-order valence-electron chi connectivity index (χ0n) is 56.1. The molecule has 7 aromatic carbocycles. The van der Waals surface area contributed by atoms with Gasteiger partial charge in [-0.25, -0.2) is 24.1 Å². The molecule has 92 heavy (non-hydrogen) atoms. The molecule has 2 aliphatic rings. The average molecular weight is 1270 g/mol. The molecule has 1 N–H and O–H groups in total. The third-order valence-electron chi connectivity index (χ3n) is 16.5. The van der Waals surface area contributed by atoms with E-state index >= 15 is 0 Å². The van der Waals surface area contributed by atoms with Crippen LogP contribution >= 0.6 is 11.6 Å². The van der Waals surface area contributed by atoms with E-state index in [0.717, 1.165) is 92.6 Å². The van der Waals surface area contributed by atoms with Crippen LogP contribution in [0.4, 0.5) is 17.2 Å². The molecule has 11 nitrogen and oxygen atoms in total. The third kappa shape index (κ3) is 15.3. The summed E-state index contributed by atoms with van der Waals surface area (Å²) in [5, 5.41) is 9.53. The zero-order valence-corrected chi connectivity index (χ0v) is 57.6. The number of ether oxygens (including phenoxy) is 2. The summed E-state index contributed by atoms with van der Waals surface area (Å²) in [6, 6.07) is 65.6. The number of fused-ring (bicyclic) bond motifs is 2. The maximum atomic E-state index is 6.34. The van der Waals surface area contributed by atoms with E-state index in [2.05, 4.69) is 231 Å². The van der Waals surface area contributed by atoms with Crippen LogP contribution in [0.2, 0.25) is 5.15 Å². The Balaban J connectivity index is 0.000000180. The number of hydrogen-bond acceptors (Lipinski definition) is 9. The second kappa shape index (κ2) is 32.1. The fourth-order valence-corrected chi connectivity index (χ4v) is 12.5. The lowest BCUT2D eigenvalue weighted by Crippen LogP contribution is -3.00. The van der Waals surface area contributed by atoms with Crippen LogP contribution in [-0.4, -0.2) is 90.9 Å². The van der Waals surface area contributed by atoms with Crippen LogP contribution in [0.5, 0.6) is 11.5 Å². The van der Waals surface area contributed by atoms with E-state index in [9.17, 15) is 0 Å². The lowest BCUT2D eigenvalue weighted by atomic mass is 9.77. The van der Waals surface area contributed by atoms with Crippen molar-refractivity contribution in [1.82, 2.24) is 25.1 Å². The van der Waals surface area contributed by atoms with Gasteiger partial charge in [-0.3, -0.25) is 4.99 Å². The Labute approximate surface area is 558 Å². The molecule has 0 saturated heterocycles. The van der Waals surface area contributed by atoms with Gasteiger partial charge in [0.15, 0.2) is 0 Å². The Bertz CT molecular complexity index is 3940. The number of benzene rings is 7. The molecule has 0 atom stereocenters. The van der Waals surface area contributed by atoms with Gasteiger partial charge in [0.05, 0.1) is 31.0 Å². The molecule has 0 amide bonds. The molecule has 0 radical (unpaired) electrons. The van der Waals surface area contributed by atoms with Crippen molar-refractivity contribution in [3.05, 3.63) is 261 Å². The highest BCUT2D eigenvalue weighted by molar-refractivity contribution is 6.29. The molecule has 5 heterocycles. The zero-order chi connectivity index (χ0) is 64.8. The number of pyridine rings is 2. The van der Waals surface area contributed by atoms with Crippen molar-refractivity contribution < 1.29 is 26.5 Å². The number of anilines is 2. The van der Waals surface area contributed by atoms with Gasteiger partial charge < -0.3 is 32.1 Å². The topological polar surface area (TPSA) is 95.9 Å². The van der Waals surface area contributed by atoms with E-state index in [-0.39, 0.29) is 12.4 Å². The van der Waals surface area contributed by atoms with Gasteiger partial charge in [-0.1, -0.05) is 200 Å².